The number of hydrogen-bond donors (Lipinski definition) is 1. The Hall–Kier alpha value is -1.59. The number of hydrogen-bond acceptors (Lipinski definition) is 5. The molecule has 2 aromatic rings. The average molecular weight is 282 g/mol. The van der Waals surface area contributed by atoms with E-state index in [9.17, 15) is 0 Å². The van der Waals surface area contributed by atoms with Crippen LogP contribution in [0.4, 0.5) is 0 Å². The van der Waals surface area contributed by atoms with Gasteiger partial charge in [-0.05, 0) is 24.6 Å². The van der Waals surface area contributed by atoms with Crippen LogP contribution in [0, 0.1) is 0 Å². The minimum absolute atomic E-state index is 0.203. The van der Waals surface area contributed by atoms with Crippen LogP contribution >= 0.6 is 11.6 Å². The van der Waals surface area contributed by atoms with Crippen molar-refractivity contribution in [2.75, 3.05) is 6.54 Å². The Kier molecular flexibility index (Phi) is 4.76. The normalized spacial score (nSPS) is 10.7. The molecule has 0 aliphatic rings. The molecular weight excluding hydrogens is 266 g/mol. The van der Waals surface area contributed by atoms with Gasteiger partial charge in [0.2, 0.25) is 0 Å². The summed E-state index contributed by atoms with van der Waals surface area (Å²) < 4.78 is 10.7. The summed E-state index contributed by atoms with van der Waals surface area (Å²) in [7, 11) is 0. The maximum absolute atomic E-state index is 6.13. The summed E-state index contributed by atoms with van der Waals surface area (Å²) in [6.07, 6.45) is 1.44. The molecule has 1 aromatic carbocycles. The van der Waals surface area contributed by atoms with Crippen LogP contribution < -0.4 is 10.5 Å². The summed E-state index contributed by atoms with van der Waals surface area (Å²) in [6, 6.07) is 5.60. The number of aromatic nitrogens is 2. The molecule has 2 N–H and O–H groups in total. The summed E-state index contributed by atoms with van der Waals surface area (Å²) in [5, 5.41) is 4.37. The van der Waals surface area contributed by atoms with E-state index in [4.69, 9.17) is 26.6 Å². The van der Waals surface area contributed by atoms with Gasteiger partial charge in [0, 0.05) is 6.42 Å². The zero-order valence-electron chi connectivity index (χ0n) is 10.7. The van der Waals surface area contributed by atoms with E-state index < -0.39 is 0 Å². The fraction of sp³-hybridized carbons (Fsp3) is 0.385. The number of rotatable bonds is 6. The molecule has 5 nitrogen and oxygen atoms in total. The minimum atomic E-state index is 0.203. The van der Waals surface area contributed by atoms with Crippen molar-refractivity contribution in [2.45, 2.75) is 26.4 Å². The van der Waals surface area contributed by atoms with Crippen molar-refractivity contribution in [1.29, 1.82) is 0 Å². The van der Waals surface area contributed by atoms with E-state index in [0.717, 1.165) is 12.0 Å². The molecule has 0 unspecified atom stereocenters. The number of ether oxygens (including phenoxy) is 1. The van der Waals surface area contributed by atoms with Crippen LogP contribution in [0.1, 0.15) is 24.2 Å². The molecule has 0 fully saturated rings. The van der Waals surface area contributed by atoms with Gasteiger partial charge in [0.1, 0.15) is 5.75 Å². The quantitative estimate of drug-likeness (QED) is 0.880. The second kappa shape index (κ2) is 6.54. The Bertz CT molecular complexity index is 542. The Balaban J connectivity index is 2.09. The molecule has 0 atom stereocenters. The van der Waals surface area contributed by atoms with E-state index in [1.807, 2.05) is 19.1 Å². The lowest BCUT2D eigenvalue weighted by molar-refractivity contribution is 0.241. The van der Waals surface area contributed by atoms with E-state index in [2.05, 4.69) is 10.1 Å². The highest BCUT2D eigenvalue weighted by molar-refractivity contribution is 6.32. The molecular formula is C13H16ClN3O2. The molecule has 0 aliphatic carbocycles. The van der Waals surface area contributed by atoms with Gasteiger partial charge in [-0.25, -0.2) is 0 Å². The molecule has 0 saturated carbocycles. The first-order chi connectivity index (χ1) is 9.24. The van der Waals surface area contributed by atoms with Crippen molar-refractivity contribution in [1.82, 2.24) is 10.1 Å². The number of halogens is 1. The Labute approximate surface area is 116 Å². The third kappa shape index (κ3) is 3.45. The van der Waals surface area contributed by atoms with Gasteiger partial charge in [0.25, 0.3) is 5.89 Å². The van der Waals surface area contributed by atoms with Crippen LogP contribution in [0.25, 0.3) is 0 Å². The van der Waals surface area contributed by atoms with Crippen molar-refractivity contribution >= 4 is 11.6 Å². The van der Waals surface area contributed by atoms with Crippen molar-refractivity contribution in [3.8, 4) is 5.75 Å². The van der Waals surface area contributed by atoms with E-state index in [1.54, 1.807) is 6.07 Å². The molecule has 0 saturated heterocycles. The van der Waals surface area contributed by atoms with E-state index >= 15 is 0 Å². The van der Waals surface area contributed by atoms with Gasteiger partial charge in [-0.15, -0.1) is 0 Å². The van der Waals surface area contributed by atoms with E-state index in [1.165, 1.54) is 0 Å². The summed E-state index contributed by atoms with van der Waals surface area (Å²) in [4.78, 5) is 4.18. The molecule has 102 valence electrons. The third-order valence-corrected chi connectivity index (χ3v) is 2.93. The van der Waals surface area contributed by atoms with Gasteiger partial charge in [-0.2, -0.15) is 4.98 Å². The van der Waals surface area contributed by atoms with Gasteiger partial charge in [-0.3, -0.25) is 0 Å². The molecule has 0 aliphatic heterocycles. The lowest BCUT2D eigenvalue weighted by Crippen LogP contribution is -2.06. The second-order valence-electron chi connectivity index (χ2n) is 4.01. The van der Waals surface area contributed by atoms with Crippen molar-refractivity contribution in [3.05, 3.63) is 40.5 Å². The molecule has 1 heterocycles. The zero-order chi connectivity index (χ0) is 13.7. The molecule has 0 spiro atoms. The van der Waals surface area contributed by atoms with E-state index in [-0.39, 0.29) is 6.61 Å². The number of para-hydroxylation sites is 1. The van der Waals surface area contributed by atoms with Gasteiger partial charge >= 0.3 is 0 Å². The monoisotopic (exact) mass is 281 g/mol. The van der Waals surface area contributed by atoms with E-state index in [0.29, 0.717) is 35.5 Å². The Morgan fingerprint density at radius 2 is 2.26 bits per heavy atom. The van der Waals surface area contributed by atoms with Crippen molar-refractivity contribution < 1.29 is 9.26 Å². The lowest BCUT2D eigenvalue weighted by Gasteiger charge is -2.10. The number of nitrogens with two attached hydrogens (primary N) is 1. The number of aryl methyl sites for hydroxylation is 1. The predicted octanol–water partition coefficient (Wildman–Crippen LogP) is 2.37. The van der Waals surface area contributed by atoms with Gasteiger partial charge in [0.05, 0.1) is 5.02 Å². The molecule has 1 aromatic heterocycles. The van der Waals surface area contributed by atoms with Gasteiger partial charge < -0.3 is 15.0 Å². The summed E-state index contributed by atoms with van der Waals surface area (Å²) in [5.41, 5.74) is 6.55. The average Bonchev–Trinajstić information content (AvgIpc) is 2.86. The molecule has 6 heteroatoms. The largest absolute Gasteiger partial charge is 0.482 e. The molecule has 0 bridgehead atoms. The van der Waals surface area contributed by atoms with Crippen LogP contribution in [0.15, 0.2) is 22.7 Å². The smallest absolute Gasteiger partial charge is 0.264 e. The fourth-order valence-electron chi connectivity index (χ4n) is 1.69. The molecule has 19 heavy (non-hydrogen) atoms. The number of nitrogens with zero attached hydrogens (tertiary/aromatic N) is 2. The molecule has 0 amide bonds. The van der Waals surface area contributed by atoms with Crippen LogP contribution in [-0.2, 0) is 19.4 Å². The first kappa shape index (κ1) is 13.8. The van der Waals surface area contributed by atoms with Gasteiger partial charge in [-0.1, -0.05) is 35.8 Å². The minimum Gasteiger partial charge on any atom is -0.482 e. The summed E-state index contributed by atoms with van der Waals surface area (Å²) in [6.45, 7) is 2.70. The maximum atomic E-state index is 6.13. The highest BCUT2D eigenvalue weighted by atomic mass is 35.5. The highest BCUT2D eigenvalue weighted by Crippen LogP contribution is 2.29. The fourth-order valence-corrected chi connectivity index (χ4v) is 1.94. The van der Waals surface area contributed by atoms with Gasteiger partial charge in [0.15, 0.2) is 12.4 Å². The zero-order valence-corrected chi connectivity index (χ0v) is 11.5. The van der Waals surface area contributed by atoms with Crippen molar-refractivity contribution in [2.24, 2.45) is 5.73 Å². The topological polar surface area (TPSA) is 74.2 Å². The first-order valence-corrected chi connectivity index (χ1v) is 6.54. The Morgan fingerprint density at radius 3 is 2.95 bits per heavy atom. The highest BCUT2D eigenvalue weighted by Gasteiger charge is 2.11. The predicted molar refractivity (Wildman–Crippen MR) is 72.2 cm³/mol. The molecule has 0 radical (unpaired) electrons. The summed E-state index contributed by atoms with van der Waals surface area (Å²) >= 11 is 6.13. The third-order valence-electron chi connectivity index (χ3n) is 2.63. The maximum Gasteiger partial charge on any atom is 0.264 e. The van der Waals surface area contributed by atoms with Crippen molar-refractivity contribution in [3.63, 3.8) is 0 Å². The summed E-state index contributed by atoms with van der Waals surface area (Å²) in [5.74, 6) is 1.74. The van der Waals surface area contributed by atoms with Crippen LogP contribution in [0.2, 0.25) is 5.02 Å². The standard InChI is InChI=1S/C13H16ClN3O2/c1-2-11-16-12(19-17-11)8-18-13-9(6-7-15)4-3-5-10(13)14/h3-5H,2,6-8,15H2,1H3. The number of benzene rings is 1. The van der Waals surface area contributed by atoms with Crippen LogP contribution in [0.3, 0.4) is 0 Å². The lowest BCUT2D eigenvalue weighted by atomic mass is 10.1. The SMILES string of the molecule is CCc1noc(COc2c(Cl)cccc2CCN)n1. The first-order valence-electron chi connectivity index (χ1n) is 6.16. The second-order valence-corrected chi connectivity index (χ2v) is 4.42. The molecule has 2 rings (SSSR count). The van der Waals surface area contributed by atoms with Crippen LogP contribution in [0.5, 0.6) is 5.75 Å². The Morgan fingerprint density at radius 1 is 1.42 bits per heavy atom. The van der Waals surface area contributed by atoms with Crippen LogP contribution in [-0.4, -0.2) is 16.7 Å².